The molecule has 0 spiro atoms. The molecule has 1 aromatic rings. The molecule has 0 aliphatic rings. The lowest BCUT2D eigenvalue weighted by Gasteiger charge is -2.10. The van der Waals surface area contributed by atoms with E-state index in [0.717, 1.165) is 24.8 Å². The lowest BCUT2D eigenvalue weighted by Crippen LogP contribution is -2.17. The number of thiophene rings is 1. The highest BCUT2D eigenvalue weighted by molar-refractivity contribution is 7.07. The maximum Gasteiger partial charge on any atom is 0.140 e. The van der Waals surface area contributed by atoms with Gasteiger partial charge in [0.25, 0.3) is 0 Å². The lowest BCUT2D eigenvalue weighted by atomic mass is 9.95. The quantitative estimate of drug-likeness (QED) is 0.795. The summed E-state index contributed by atoms with van der Waals surface area (Å²) in [4.78, 5) is 11.9. The van der Waals surface area contributed by atoms with Gasteiger partial charge >= 0.3 is 0 Å². The van der Waals surface area contributed by atoms with Crippen LogP contribution in [0.2, 0.25) is 0 Å². The summed E-state index contributed by atoms with van der Waals surface area (Å²) in [6.07, 6.45) is 3.61. The van der Waals surface area contributed by atoms with Crippen LogP contribution in [0.3, 0.4) is 0 Å². The first-order chi connectivity index (χ1) is 7.59. The van der Waals surface area contributed by atoms with Crippen LogP contribution in [-0.2, 0) is 11.2 Å². The van der Waals surface area contributed by atoms with Crippen molar-refractivity contribution in [2.45, 2.75) is 45.6 Å². The Morgan fingerprint density at radius 1 is 1.44 bits per heavy atom. The number of nitrogens with two attached hydrogens (primary N) is 1. The minimum atomic E-state index is 0.165. The van der Waals surface area contributed by atoms with E-state index < -0.39 is 0 Å². The zero-order valence-electron chi connectivity index (χ0n) is 10.1. The molecule has 3 heteroatoms. The van der Waals surface area contributed by atoms with Crippen molar-refractivity contribution in [2.75, 3.05) is 0 Å². The first kappa shape index (κ1) is 13.4. The van der Waals surface area contributed by atoms with Gasteiger partial charge in [0, 0.05) is 18.4 Å². The van der Waals surface area contributed by atoms with Crippen LogP contribution in [0, 0.1) is 5.92 Å². The molecular formula is C13H21NOS. The Kier molecular flexibility index (Phi) is 5.71. The highest BCUT2D eigenvalue weighted by Gasteiger charge is 2.13. The summed E-state index contributed by atoms with van der Waals surface area (Å²) in [6.45, 7) is 4.04. The Hall–Kier alpha value is -0.670. The van der Waals surface area contributed by atoms with E-state index in [1.807, 2.05) is 30.7 Å². The van der Waals surface area contributed by atoms with Crippen LogP contribution >= 0.6 is 11.3 Å². The maximum atomic E-state index is 11.9. The van der Waals surface area contributed by atoms with E-state index in [4.69, 9.17) is 5.73 Å². The Balaban J connectivity index is 2.25. The number of carbonyl (C=O) groups is 1. The second-order valence-electron chi connectivity index (χ2n) is 4.58. The fourth-order valence-corrected chi connectivity index (χ4v) is 2.34. The zero-order chi connectivity index (χ0) is 12.0. The topological polar surface area (TPSA) is 43.1 Å². The predicted molar refractivity (Wildman–Crippen MR) is 69.7 cm³/mol. The second-order valence-corrected chi connectivity index (χ2v) is 5.36. The summed E-state index contributed by atoms with van der Waals surface area (Å²) in [5, 5.41) is 4.07. The van der Waals surface area contributed by atoms with E-state index in [9.17, 15) is 4.79 Å². The van der Waals surface area contributed by atoms with Crippen molar-refractivity contribution in [3.8, 4) is 0 Å². The van der Waals surface area contributed by atoms with Crippen molar-refractivity contribution in [2.24, 2.45) is 11.7 Å². The van der Waals surface area contributed by atoms with Gasteiger partial charge in [0.2, 0.25) is 0 Å². The molecule has 16 heavy (non-hydrogen) atoms. The molecule has 2 atom stereocenters. The van der Waals surface area contributed by atoms with E-state index in [1.54, 1.807) is 11.3 Å². The molecule has 1 aromatic heterocycles. The normalized spacial score (nSPS) is 14.7. The van der Waals surface area contributed by atoms with Gasteiger partial charge in [-0.2, -0.15) is 11.3 Å². The van der Waals surface area contributed by atoms with E-state index in [1.165, 1.54) is 0 Å². The Labute approximate surface area is 102 Å². The van der Waals surface area contributed by atoms with Gasteiger partial charge in [-0.05, 0) is 42.2 Å². The summed E-state index contributed by atoms with van der Waals surface area (Å²) in [5.41, 5.74) is 6.83. The minimum Gasteiger partial charge on any atom is -0.328 e. The molecule has 2 unspecified atom stereocenters. The van der Waals surface area contributed by atoms with E-state index in [2.05, 4.69) is 0 Å². The number of rotatable bonds is 7. The molecular weight excluding hydrogens is 218 g/mol. The average Bonchev–Trinajstić information content (AvgIpc) is 2.69. The SMILES string of the molecule is CC(N)CCCC(C)C(=O)Cc1ccsc1. The van der Waals surface area contributed by atoms with Crippen molar-refractivity contribution in [1.82, 2.24) is 0 Å². The van der Waals surface area contributed by atoms with Crippen LogP contribution < -0.4 is 5.73 Å². The van der Waals surface area contributed by atoms with Crippen molar-refractivity contribution in [1.29, 1.82) is 0 Å². The van der Waals surface area contributed by atoms with E-state index in [0.29, 0.717) is 12.2 Å². The molecule has 0 saturated carbocycles. The summed E-state index contributed by atoms with van der Waals surface area (Å²) in [6, 6.07) is 2.27. The van der Waals surface area contributed by atoms with E-state index in [-0.39, 0.29) is 12.0 Å². The summed E-state index contributed by atoms with van der Waals surface area (Å²) >= 11 is 1.65. The standard InChI is InChI=1S/C13H21NOS/c1-10(4-3-5-11(2)14)13(15)8-12-6-7-16-9-12/h6-7,9-11H,3-5,8,14H2,1-2H3. The van der Waals surface area contributed by atoms with Gasteiger partial charge in [0.15, 0.2) is 0 Å². The third-order valence-electron chi connectivity index (χ3n) is 2.80. The summed E-state index contributed by atoms with van der Waals surface area (Å²) in [7, 11) is 0. The van der Waals surface area contributed by atoms with Crippen LogP contribution in [0.5, 0.6) is 0 Å². The third-order valence-corrected chi connectivity index (χ3v) is 3.54. The van der Waals surface area contributed by atoms with Crippen molar-refractivity contribution >= 4 is 17.1 Å². The monoisotopic (exact) mass is 239 g/mol. The Morgan fingerprint density at radius 3 is 2.75 bits per heavy atom. The molecule has 0 bridgehead atoms. The highest BCUT2D eigenvalue weighted by atomic mass is 32.1. The summed E-state index contributed by atoms with van der Waals surface area (Å²) < 4.78 is 0. The molecule has 90 valence electrons. The molecule has 1 rings (SSSR count). The van der Waals surface area contributed by atoms with Crippen LogP contribution in [-0.4, -0.2) is 11.8 Å². The smallest absolute Gasteiger partial charge is 0.140 e. The molecule has 0 radical (unpaired) electrons. The van der Waals surface area contributed by atoms with E-state index >= 15 is 0 Å². The number of carbonyl (C=O) groups excluding carboxylic acids is 1. The van der Waals surface area contributed by atoms with Gasteiger partial charge in [-0.15, -0.1) is 0 Å². The highest BCUT2D eigenvalue weighted by Crippen LogP contribution is 2.14. The maximum absolute atomic E-state index is 11.9. The van der Waals surface area contributed by atoms with Gasteiger partial charge in [-0.25, -0.2) is 0 Å². The van der Waals surface area contributed by atoms with Gasteiger partial charge in [-0.3, -0.25) is 4.79 Å². The Bertz CT molecular complexity index is 306. The molecule has 0 amide bonds. The zero-order valence-corrected chi connectivity index (χ0v) is 10.9. The fraction of sp³-hybridized carbons (Fsp3) is 0.615. The number of ketones is 1. The second kappa shape index (κ2) is 6.81. The lowest BCUT2D eigenvalue weighted by molar-refractivity contribution is -0.121. The minimum absolute atomic E-state index is 0.165. The van der Waals surface area contributed by atoms with Crippen molar-refractivity contribution < 1.29 is 4.79 Å². The number of Topliss-reactive ketones (excluding diaryl/α,β-unsaturated/α-hetero) is 1. The molecule has 0 aromatic carbocycles. The predicted octanol–water partition coefficient (Wildman–Crippen LogP) is 3.01. The third kappa shape index (κ3) is 4.90. The van der Waals surface area contributed by atoms with Crippen molar-refractivity contribution in [3.63, 3.8) is 0 Å². The Morgan fingerprint density at radius 2 is 2.19 bits per heavy atom. The van der Waals surface area contributed by atoms with Gasteiger partial charge in [0.05, 0.1) is 0 Å². The first-order valence-corrected chi connectivity index (χ1v) is 6.83. The fourth-order valence-electron chi connectivity index (χ4n) is 1.68. The molecule has 0 fully saturated rings. The number of hydrogen-bond acceptors (Lipinski definition) is 3. The molecule has 1 heterocycles. The molecule has 0 aliphatic carbocycles. The number of hydrogen-bond donors (Lipinski definition) is 1. The molecule has 0 aliphatic heterocycles. The summed E-state index contributed by atoms with van der Waals surface area (Å²) in [5.74, 6) is 0.515. The van der Waals surface area contributed by atoms with Crippen LogP contribution in [0.15, 0.2) is 16.8 Å². The molecule has 2 nitrogen and oxygen atoms in total. The van der Waals surface area contributed by atoms with Crippen molar-refractivity contribution in [3.05, 3.63) is 22.4 Å². The molecule has 0 saturated heterocycles. The first-order valence-electron chi connectivity index (χ1n) is 5.89. The average molecular weight is 239 g/mol. The van der Waals surface area contributed by atoms with Gasteiger partial charge in [0.1, 0.15) is 5.78 Å². The van der Waals surface area contributed by atoms with Crippen LogP contribution in [0.25, 0.3) is 0 Å². The molecule has 2 N–H and O–H groups in total. The largest absolute Gasteiger partial charge is 0.328 e. The van der Waals surface area contributed by atoms with Gasteiger partial charge < -0.3 is 5.73 Å². The van der Waals surface area contributed by atoms with Crippen LogP contribution in [0.4, 0.5) is 0 Å². The van der Waals surface area contributed by atoms with Gasteiger partial charge in [-0.1, -0.05) is 13.3 Å². The van der Waals surface area contributed by atoms with Crippen LogP contribution in [0.1, 0.15) is 38.7 Å².